The molecule has 8 atom stereocenters. The highest BCUT2D eigenvalue weighted by Crippen LogP contribution is 2.51. The molecule has 1 aromatic carbocycles. The third kappa shape index (κ3) is 8.41. The molecule has 2 aromatic rings. The topological polar surface area (TPSA) is 195 Å². The number of alkyl halides is 4. The Morgan fingerprint density at radius 3 is 2.38 bits per heavy atom. The number of hydrogen-bond donors (Lipinski definition) is 3. The predicted octanol–water partition coefficient (Wildman–Crippen LogP) is 5.35. The van der Waals surface area contributed by atoms with E-state index in [-0.39, 0.29) is 42.6 Å². The molecule has 336 valence electrons. The molecule has 1 aromatic heterocycles. The smallest absolute Gasteiger partial charge is 0.408 e. The maximum Gasteiger partial charge on any atom is 0.408 e. The second kappa shape index (κ2) is 15.4. The number of sulfonamides is 1. The van der Waals surface area contributed by atoms with Crippen molar-refractivity contribution in [1.29, 1.82) is 0 Å². The van der Waals surface area contributed by atoms with Gasteiger partial charge in [-0.25, -0.2) is 32.0 Å². The number of rotatable bonds is 8. The molecule has 15 nitrogen and oxygen atoms in total. The Kier molecular flexibility index (Phi) is 11.2. The van der Waals surface area contributed by atoms with Crippen molar-refractivity contribution in [2.75, 3.05) is 13.7 Å². The second-order valence-corrected chi connectivity index (χ2v) is 21.1. The molecule has 2 bridgehead atoms. The fourth-order valence-corrected chi connectivity index (χ4v) is 10.1. The first-order valence-corrected chi connectivity index (χ1v) is 22.2. The van der Waals surface area contributed by atoms with Crippen molar-refractivity contribution in [3.63, 3.8) is 0 Å². The summed E-state index contributed by atoms with van der Waals surface area (Å²) in [6, 6.07) is 1.57. The van der Waals surface area contributed by atoms with E-state index in [0.29, 0.717) is 25.0 Å². The molecule has 3 saturated carbocycles. The number of aromatic nitrogens is 2. The number of amides is 4. The molecule has 1 saturated heterocycles. The minimum atomic E-state index is -4.32. The molecule has 4 fully saturated rings. The van der Waals surface area contributed by atoms with E-state index in [1.54, 1.807) is 40.7 Å². The first-order valence-electron chi connectivity index (χ1n) is 20.8. The van der Waals surface area contributed by atoms with Crippen LogP contribution in [0.2, 0.25) is 0 Å². The van der Waals surface area contributed by atoms with Gasteiger partial charge in [-0.1, -0.05) is 34.1 Å². The van der Waals surface area contributed by atoms with Gasteiger partial charge in [0.05, 0.1) is 35.4 Å². The fourth-order valence-electron chi connectivity index (χ4n) is 8.78. The molecule has 5 aliphatic rings. The van der Waals surface area contributed by atoms with Gasteiger partial charge in [-0.05, 0) is 76.3 Å². The fraction of sp³-hybridized carbons (Fsp3) is 0.707. The number of methoxy groups -OCH3 is 1. The van der Waals surface area contributed by atoms with Crippen LogP contribution in [0.1, 0.15) is 105 Å². The van der Waals surface area contributed by atoms with Gasteiger partial charge in [0.15, 0.2) is 5.69 Å². The van der Waals surface area contributed by atoms with Gasteiger partial charge in [-0.3, -0.25) is 19.1 Å². The van der Waals surface area contributed by atoms with Gasteiger partial charge in [0.1, 0.15) is 35.1 Å². The Bertz CT molecular complexity index is 2220. The van der Waals surface area contributed by atoms with Crippen LogP contribution in [0.4, 0.5) is 22.4 Å². The van der Waals surface area contributed by atoms with E-state index in [9.17, 15) is 36.4 Å². The van der Waals surface area contributed by atoms with Gasteiger partial charge in [0.2, 0.25) is 34.1 Å². The van der Waals surface area contributed by atoms with E-state index < -0.39 is 128 Å². The number of hydrogen-bond acceptors (Lipinski definition) is 11. The van der Waals surface area contributed by atoms with Gasteiger partial charge in [-0.15, -0.1) is 0 Å². The zero-order chi connectivity index (χ0) is 44.7. The average Bonchev–Trinajstić information content (AvgIpc) is 4.13. The van der Waals surface area contributed by atoms with Crippen LogP contribution >= 0.6 is 0 Å². The lowest BCUT2D eigenvalue weighted by Crippen LogP contribution is -2.61. The Balaban J connectivity index is 1.31. The van der Waals surface area contributed by atoms with Crippen LogP contribution in [0, 0.1) is 23.2 Å². The molecule has 3 heterocycles. The van der Waals surface area contributed by atoms with Gasteiger partial charge in [-0.2, -0.15) is 8.78 Å². The summed E-state index contributed by atoms with van der Waals surface area (Å²) in [5.41, 5.74) is -4.76. The monoisotopic (exact) mass is 882 g/mol. The van der Waals surface area contributed by atoms with E-state index in [2.05, 4.69) is 20.6 Å². The van der Waals surface area contributed by atoms with E-state index in [1.165, 1.54) is 26.2 Å². The molecule has 61 heavy (non-hydrogen) atoms. The molecule has 3 aliphatic carbocycles. The summed E-state index contributed by atoms with van der Waals surface area (Å²) in [6.45, 7) is 9.35. The zero-order valence-corrected chi connectivity index (χ0v) is 36.1. The van der Waals surface area contributed by atoms with Crippen molar-refractivity contribution in [2.24, 2.45) is 23.2 Å². The van der Waals surface area contributed by atoms with E-state index >= 15 is 8.78 Å². The Labute approximate surface area is 351 Å². The number of nitrogens with one attached hydrogen (secondary N) is 3. The molecular formula is C41H54F4N6O9S. The van der Waals surface area contributed by atoms with E-state index in [4.69, 9.17) is 14.2 Å². The first kappa shape index (κ1) is 44.6. The molecule has 4 amide bonds. The molecule has 0 spiro atoms. The highest BCUT2D eigenvalue weighted by Gasteiger charge is 2.68. The number of fused-ring (bicyclic) bond motifs is 5. The number of alkyl carbamates (subject to hydrolysis) is 1. The largest absolute Gasteiger partial charge is 0.497 e. The van der Waals surface area contributed by atoms with Crippen LogP contribution in [0.5, 0.6) is 11.6 Å². The predicted molar refractivity (Wildman–Crippen MR) is 211 cm³/mol. The number of halogens is 4. The summed E-state index contributed by atoms with van der Waals surface area (Å²) >= 11 is 0. The van der Waals surface area contributed by atoms with Crippen LogP contribution < -0.4 is 24.8 Å². The number of benzene rings is 1. The molecule has 7 rings (SSSR count). The van der Waals surface area contributed by atoms with Crippen molar-refractivity contribution >= 4 is 44.9 Å². The van der Waals surface area contributed by atoms with Crippen LogP contribution in [0.25, 0.3) is 11.0 Å². The molecule has 0 unspecified atom stereocenters. The van der Waals surface area contributed by atoms with Crippen LogP contribution in [-0.4, -0.2) is 101 Å². The summed E-state index contributed by atoms with van der Waals surface area (Å²) < 4.78 is 106. The van der Waals surface area contributed by atoms with Gasteiger partial charge in [0, 0.05) is 24.3 Å². The van der Waals surface area contributed by atoms with Gasteiger partial charge < -0.3 is 29.7 Å². The second-order valence-electron chi connectivity index (χ2n) is 18.9. The average molecular weight is 883 g/mol. The summed E-state index contributed by atoms with van der Waals surface area (Å²) in [5, 5.41) is 5.09. The maximum absolute atomic E-state index is 16.4. The summed E-state index contributed by atoms with van der Waals surface area (Å²) in [5.74, 6) is -9.93. The third-order valence-corrected chi connectivity index (χ3v) is 15.5. The highest BCUT2D eigenvalue weighted by atomic mass is 32.2. The van der Waals surface area contributed by atoms with Crippen molar-refractivity contribution in [3.05, 3.63) is 23.9 Å². The van der Waals surface area contributed by atoms with E-state index in [0.717, 1.165) is 4.90 Å². The lowest BCUT2D eigenvalue weighted by molar-refractivity contribution is -0.144. The number of carbonyl (C=O) groups is 4. The third-order valence-electron chi connectivity index (χ3n) is 13.3. The summed E-state index contributed by atoms with van der Waals surface area (Å²) in [4.78, 5) is 66.7. The molecular weight excluding hydrogens is 829 g/mol. The normalized spacial score (nSPS) is 32.2. The summed E-state index contributed by atoms with van der Waals surface area (Å²) in [7, 11) is -2.90. The van der Waals surface area contributed by atoms with Crippen molar-refractivity contribution in [3.8, 4) is 11.6 Å². The lowest BCUT2D eigenvalue weighted by Gasteiger charge is -2.36. The van der Waals surface area contributed by atoms with Gasteiger partial charge in [0.25, 0.3) is 11.8 Å². The number of nitrogens with zero attached hydrogens (tertiary/aromatic N) is 3. The number of carbonyl (C=O) groups excluding carboxylic acids is 4. The number of ether oxygens (including phenoxy) is 3. The first-order chi connectivity index (χ1) is 28.4. The van der Waals surface area contributed by atoms with Crippen molar-refractivity contribution in [1.82, 2.24) is 30.2 Å². The molecule has 20 heteroatoms. The Morgan fingerprint density at radius 2 is 1.77 bits per heavy atom. The highest BCUT2D eigenvalue weighted by molar-refractivity contribution is 7.91. The minimum Gasteiger partial charge on any atom is -0.497 e. The zero-order valence-electron chi connectivity index (χ0n) is 35.3. The quantitative estimate of drug-likeness (QED) is 0.290. The molecule has 3 N–H and O–H groups in total. The lowest BCUT2D eigenvalue weighted by atomic mass is 9.85. The van der Waals surface area contributed by atoms with Crippen LogP contribution in [0.15, 0.2) is 18.2 Å². The summed E-state index contributed by atoms with van der Waals surface area (Å²) in [6.07, 6.45) is -4.54. The molecule has 2 aliphatic heterocycles. The van der Waals surface area contributed by atoms with Crippen molar-refractivity contribution < 1.29 is 59.4 Å². The van der Waals surface area contributed by atoms with Crippen LogP contribution in [0.3, 0.4) is 0 Å². The Hall–Kier alpha value is -4.49. The Morgan fingerprint density at radius 1 is 1.07 bits per heavy atom. The maximum atomic E-state index is 16.4. The van der Waals surface area contributed by atoms with Crippen LogP contribution in [-0.2, 0) is 35.1 Å². The standard InChI is InChI=1S/C41H54F4N6O9S/c1-8-23-27-20-51(28(23)32(52)49-40(19-24(40)31(42)43)35(54)50-61(56,57)38(5)15-16-38)34(53)30(37(2,3)4)48-36(55)60-39(6)18-21(39)11-9-10-14-41(44,45)29-33(59-27)47-26-17-22(58-7)12-13-25(26)46-29/h12-13,17,21,23-24,27-28,30-31H,8-11,14-16,18-20H2,1-7H3,(H,48,55)(H,49,52)(H,50,54)/t21-,23+,24-,27-,28-,30+,39-,40+/m0/s1. The van der Waals surface area contributed by atoms with Crippen molar-refractivity contribution in [2.45, 2.75) is 146 Å². The van der Waals surface area contributed by atoms with E-state index in [1.807, 2.05) is 4.72 Å². The SMILES string of the molecule is CC[C@@H]1[C@@H]2CN(C(=O)[C@H](C(C)(C)C)NC(=O)O[C@@]3(C)C[C@@H]3CCCCC(F)(F)c3nc4ccc(OC)cc4nc3O2)[C@@H]1C(=O)N[C@]1(C(=O)NS(=O)(=O)C2(C)CC2)C[C@H]1C(F)F. The van der Waals surface area contributed by atoms with Gasteiger partial charge >= 0.3 is 6.09 Å². The minimum absolute atomic E-state index is 0.0483. The molecule has 0 radical (unpaired) electrons.